The Kier molecular flexibility index (Phi) is 4.29. The summed E-state index contributed by atoms with van der Waals surface area (Å²) in [5, 5.41) is 0. The number of likely N-dealkylation sites (N-methyl/N-ethyl adjacent to an activating group) is 1. The SMILES string of the molecule is CN(C)C(=O)[C@H]1C[C@@H]2CCN(C3CCOCC3)C[C@H]2O1. The number of rotatable bonds is 2. The number of fused-ring (bicyclic) bond motifs is 1. The average Bonchev–Trinajstić information content (AvgIpc) is 2.90. The molecule has 0 bridgehead atoms. The lowest BCUT2D eigenvalue weighted by Crippen LogP contribution is -2.49. The van der Waals surface area contributed by atoms with Crippen molar-refractivity contribution in [2.45, 2.75) is 43.9 Å². The Hall–Kier alpha value is -0.650. The lowest BCUT2D eigenvalue weighted by atomic mass is 9.90. The molecular weight excluding hydrogens is 256 g/mol. The maximum Gasteiger partial charge on any atom is 0.251 e. The lowest BCUT2D eigenvalue weighted by molar-refractivity contribution is -0.141. The molecule has 0 unspecified atom stereocenters. The molecule has 114 valence electrons. The van der Waals surface area contributed by atoms with Crippen LogP contribution < -0.4 is 0 Å². The minimum Gasteiger partial charge on any atom is -0.381 e. The van der Waals surface area contributed by atoms with Gasteiger partial charge in [0.1, 0.15) is 6.10 Å². The first-order chi connectivity index (χ1) is 9.65. The van der Waals surface area contributed by atoms with Gasteiger partial charge in [-0.25, -0.2) is 0 Å². The van der Waals surface area contributed by atoms with Crippen molar-refractivity contribution in [3.63, 3.8) is 0 Å². The largest absolute Gasteiger partial charge is 0.381 e. The Morgan fingerprint density at radius 3 is 2.65 bits per heavy atom. The molecule has 3 aliphatic heterocycles. The number of hydrogen-bond acceptors (Lipinski definition) is 4. The van der Waals surface area contributed by atoms with E-state index in [1.165, 1.54) is 6.42 Å². The molecule has 3 atom stereocenters. The molecule has 0 spiro atoms. The number of likely N-dealkylation sites (tertiary alicyclic amines) is 1. The fourth-order valence-corrected chi connectivity index (χ4v) is 3.78. The number of hydrogen-bond donors (Lipinski definition) is 0. The number of piperidine rings is 1. The van der Waals surface area contributed by atoms with Crippen LogP contribution in [0.1, 0.15) is 25.7 Å². The Bertz CT molecular complexity index is 355. The van der Waals surface area contributed by atoms with Gasteiger partial charge in [0.25, 0.3) is 5.91 Å². The lowest BCUT2D eigenvalue weighted by Gasteiger charge is -2.40. The van der Waals surface area contributed by atoms with Crippen LogP contribution in [0.3, 0.4) is 0 Å². The second-order valence-corrected chi connectivity index (χ2v) is 6.52. The fourth-order valence-electron chi connectivity index (χ4n) is 3.78. The minimum atomic E-state index is -0.213. The zero-order valence-electron chi connectivity index (χ0n) is 12.6. The summed E-state index contributed by atoms with van der Waals surface area (Å²) in [5.41, 5.74) is 0. The summed E-state index contributed by atoms with van der Waals surface area (Å²) in [4.78, 5) is 16.3. The third-order valence-electron chi connectivity index (χ3n) is 5.01. The Morgan fingerprint density at radius 1 is 1.20 bits per heavy atom. The number of carbonyl (C=O) groups is 1. The summed E-state index contributed by atoms with van der Waals surface area (Å²) < 4.78 is 11.5. The summed E-state index contributed by atoms with van der Waals surface area (Å²) in [5.74, 6) is 0.692. The number of nitrogens with zero attached hydrogens (tertiary/aromatic N) is 2. The monoisotopic (exact) mass is 282 g/mol. The molecule has 0 aromatic rings. The second-order valence-electron chi connectivity index (χ2n) is 6.52. The van der Waals surface area contributed by atoms with E-state index in [9.17, 15) is 4.79 Å². The van der Waals surface area contributed by atoms with Crippen molar-refractivity contribution in [3.05, 3.63) is 0 Å². The van der Waals surface area contributed by atoms with E-state index in [0.29, 0.717) is 12.0 Å². The molecule has 3 heterocycles. The predicted molar refractivity (Wildman–Crippen MR) is 75.5 cm³/mol. The van der Waals surface area contributed by atoms with E-state index in [-0.39, 0.29) is 18.1 Å². The van der Waals surface area contributed by atoms with Crippen molar-refractivity contribution in [3.8, 4) is 0 Å². The molecule has 0 N–H and O–H groups in total. The normalized spacial score (nSPS) is 35.8. The van der Waals surface area contributed by atoms with Gasteiger partial charge in [-0.05, 0) is 38.1 Å². The molecule has 3 rings (SSSR count). The molecule has 1 amide bonds. The smallest absolute Gasteiger partial charge is 0.251 e. The topological polar surface area (TPSA) is 42.0 Å². The van der Waals surface area contributed by atoms with E-state index in [4.69, 9.17) is 9.47 Å². The van der Waals surface area contributed by atoms with Crippen molar-refractivity contribution in [1.29, 1.82) is 0 Å². The van der Waals surface area contributed by atoms with Crippen LogP contribution in [0, 0.1) is 5.92 Å². The molecule has 5 heteroatoms. The molecule has 5 nitrogen and oxygen atoms in total. The Labute approximate surface area is 121 Å². The van der Waals surface area contributed by atoms with E-state index >= 15 is 0 Å². The fraction of sp³-hybridized carbons (Fsp3) is 0.933. The van der Waals surface area contributed by atoms with Crippen LogP contribution in [0.4, 0.5) is 0 Å². The first kappa shape index (κ1) is 14.3. The third kappa shape index (κ3) is 2.85. The van der Waals surface area contributed by atoms with Crippen LogP contribution >= 0.6 is 0 Å². The maximum atomic E-state index is 12.0. The van der Waals surface area contributed by atoms with Crippen molar-refractivity contribution < 1.29 is 14.3 Å². The van der Waals surface area contributed by atoms with Gasteiger partial charge >= 0.3 is 0 Å². The molecule has 0 radical (unpaired) electrons. The molecule has 0 saturated carbocycles. The van der Waals surface area contributed by atoms with E-state index in [0.717, 1.165) is 45.6 Å². The zero-order valence-corrected chi connectivity index (χ0v) is 12.6. The van der Waals surface area contributed by atoms with Crippen LogP contribution in [-0.4, -0.2) is 74.4 Å². The second kappa shape index (κ2) is 6.00. The van der Waals surface area contributed by atoms with Crippen molar-refractivity contribution in [2.24, 2.45) is 5.92 Å². The minimum absolute atomic E-state index is 0.122. The van der Waals surface area contributed by atoms with Crippen LogP contribution in [0.2, 0.25) is 0 Å². The van der Waals surface area contributed by atoms with Crippen LogP contribution in [0.5, 0.6) is 0 Å². The van der Waals surface area contributed by atoms with Gasteiger partial charge in [0.15, 0.2) is 0 Å². The Morgan fingerprint density at radius 2 is 1.95 bits per heavy atom. The predicted octanol–water partition coefficient (Wildman–Crippen LogP) is 0.733. The number of amides is 1. The molecule has 0 aliphatic carbocycles. The first-order valence-corrected chi connectivity index (χ1v) is 7.83. The average molecular weight is 282 g/mol. The van der Waals surface area contributed by atoms with Gasteiger partial charge < -0.3 is 14.4 Å². The van der Waals surface area contributed by atoms with Gasteiger partial charge in [-0.2, -0.15) is 0 Å². The zero-order chi connectivity index (χ0) is 14.1. The van der Waals surface area contributed by atoms with Gasteiger partial charge in [-0.15, -0.1) is 0 Å². The van der Waals surface area contributed by atoms with E-state index < -0.39 is 0 Å². The summed E-state index contributed by atoms with van der Waals surface area (Å²) in [7, 11) is 3.62. The molecule has 3 aliphatic rings. The first-order valence-electron chi connectivity index (χ1n) is 7.83. The van der Waals surface area contributed by atoms with E-state index in [1.807, 2.05) is 14.1 Å². The van der Waals surface area contributed by atoms with Crippen molar-refractivity contribution >= 4 is 5.91 Å². The number of carbonyl (C=O) groups excluding carboxylic acids is 1. The van der Waals surface area contributed by atoms with Gasteiger partial charge in [-0.3, -0.25) is 9.69 Å². The number of ether oxygens (including phenoxy) is 2. The molecule has 0 aromatic heterocycles. The summed E-state index contributed by atoms with van der Waals surface area (Å²) >= 11 is 0. The third-order valence-corrected chi connectivity index (χ3v) is 5.01. The molecule has 3 saturated heterocycles. The van der Waals surface area contributed by atoms with Gasteiger partial charge in [-0.1, -0.05) is 0 Å². The quantitative estimate of drug-likeness (QED) is 0.749. The summed E-state index contributed by atoms with van der Waals surface area (Å²) in [6, 6.07) is 0.650. The highest BCUT2D eigenvalue weighted by molar-refractivity contribution is 5.80. The van der Waals surface area contributed by atoms with Gasteiger partial charge in [0.2, 0.25) is 0 Å². The van der Waals surface area contributed by atoms with Gasteiger partial charge in [0.05, 0.1) is 6.10 Å². The van der Waals surface area contributed by atoms with E-state index in [2.05, 4.69) is 4.90 Å². The van der Waals surface area contributed by atoms with Crippen molar-refractivity contribution in [2.75, 3.05) is 40.4 Å². The molecule has 0 aromatic carbocycles. The highest BCUT2D eigenvalue weighted by Crippen LogP contribution is 2.35. The highest BCUT2D eigenvalue weighted by Gasteiger charge is 2.43. The van der Waals surface area contributed by atoms with Crippen LogP contribution in [0.25, 0.3) is 0 Å². The van der Waals surface area contributed by atoms with Crippen LogP contribution in [-0.2, 0) is 14.3 Å². The molecular formula is C15H26N2O3. The van der Waals surface area contributed by atoms with Crippen LogP contribution in [0.15, 0.2) is 0 Å². The summed E-state index contributed by atoms with van der Waals surface area (Å²) in [6.07, 6.45) is 4.38. The van der Waals surface area contributed by atoms with Crippen molar-refractivity contribution in [1.82, 2.24) is 9.80 Å². The molecule has 3 fully saturated rings. The highest BCUT2D eigenvalue weighted by atomic mass is 16.5. The Balaban J connectivity index is 1.57. The van der Waals surface area contributed by atoms with Gasteiger partial charge in [0, 0.05) is 39.9 Å². The standard InChI is InChI=1S/C15H26N2O3/c1-16(2)15(18)13-9-11-3-6-17(10-14(11)20-13)12-4-7-19-8-5-12/h11-14H,3-10H2,1-2H3/t11-,13+,14+/m0/s1. The summed E-state index contributed by atoms with van der Waals surface area (Å²) in [6.45, 7) is 3.92. The maximum absolute atomic E-state index is 12.0. The molecule has 20 heavy (non-hydrogen) atoms. The van der Waals surface area contributed by atoms with E-state index in [1.54, 1.807) is 4.90 Å².